The predicted molar refractivity (Wildman–Crippen MR) is 141 cm³/mol. The van der Waals surface area contributed by atoms with E-state index in [1.165, 1.54) is 41.9 Å². The quantitative estimate of drug-likeness (QED) is 0.110. The normalized spacial score (nSPS) is 20.6. The molecule has 1 aromatic rings. The van der Waals surface area contributed by atoms with Crippen molar-refractivity contribution < 1.29 is 32.9 Å². The lowest BCUT2D eigenvalue weighted by atomic mass is 10.1. The number of carbonyl (C=O) groups excluding carboxylic acids is 2. The predicted octanol–water partition coefficient (Wildman–Crippen LogP) is 4.90. The number of nitro benzene ring substituents is 1. The lowest BCUT2D eigenvalue weighted by Gasteiger charge is -2.50. The van der Waals surface area contributed by atoms with Crippen molar-refractivity contribution in [2.75, 3.05) is 12.4 Å². The highest BCUT2D eigenvalue weighted by atomic mass is 32.2. The number of aliphatic imine (C=N–C) groups is 1. The minimum atomic E-state index is -4.09. The smallest absolute Gasteiger partial charge is 0.378 e. The first-order valence-corrected chi connectivity index (χ1v) is 14.2. The van der Waals surface area contributed by atoms with Crippen LogP contribution in [0.2, 0.25) is 0 Å². The number of amides is 1. The van der Waals surface area contributed by atoms with Crippen molar-refractivity contribution in [2.24, 2.45) is 4.99 Å². The molecule has 0 N–H and O–H groups in total. The molecular weight excluding hydrogens is 521 g/mol. The Morgan fingerprint density at radius 3 is 2.24 bits per heavy atom. The highest BCUT2D eigenvalue weighted by molar-refractivity contribution is 8.00. The molecular formula is C24H32N3O8PS. The summed E-state index contributed by atoms with van der Waals surface area (Å²) in [5.74, 6) is -0.588. The monoisotopic (exact) mass is 553 g/mol. The van der Waals surface area contributed by atoms with Crippen LogP contribution in [0.3, 0.4) is 0 Å². The highest BCUT2D eigenvalue weighted by Crippen LogP contribution is 2.66. The number of fused-ring (bicyclic) bond motifs is 1. The van der Waals surface area contributed by atoms with Crippen LogP contribution in [-0.2, 0) is 27.9 Å². The van der Waals surface area contributed by atoms with Gasteiger partial charge in [0.25, 0.3) is 11.6 Å². The van der Waals surface area contributed by atoms with Gasteiger partial charge in [-0.15, -0.1) is 11.8 Å². The summed E-state index contributed by atoms with van der Waals surface area (Å²) >= 11 is 1.40. The van der Waals surface area contributed by atoms with E-state index in [9.17, 15) is 24.3 Å². The molecule has 1 saturated heterocycles. The number of nitro groups is 1. The van der Waals surface area contributed by atoms with Gasteiger partial charge in [0.05, 0.1) is 16.1 Å². The van der Waals surface area contributed by atoms with Crippen LogP contribution >= 0.6 is 19.4 Å². The zero-order valence-electron chi connectivity index (χ0n) is 21.9. The number of carbonyl (C=O) groups is 2. The number of rotatable bonds is 8. The van der Waals surface area contributed by atoms with E-state index >= 15 is 0 Å². The third-order valence-electron chi connectivity index (χ3n) is 4.97. The molecule has 0 aromatic heterocycles. The fourth-order valence-corrected chi connectivity index (χ4v) is 7.87. The summed E-state index contributed by atoms with van der Waals surface area (Å²) in [6.45, 7) is 11.5. The number of ether oxygens (including phenoxy) is 1. The number of thioether (sulfide) groups is 1. The van der Waals surface area contributed by atoms with Crippen molar-refractivity contribution in [1.29, 1.82) is 0 Å². The van der Waals surface area contributed by atoms with Crippen LogP contribution in [0.15, 0.2) is 40.3 Å². The van der Waals surface area contributed by atoms with Gasteiger partial charge in [-0.25, -0.2) is 0 Å². The molecule has 2 atom stereocenters. The van der Waals surface area contributed by atoms with Gasteiger partial charge in [-0.05, 0) is 59.2 Å². The molecule has 0 bridgehead atoms. The topological polar surface area (TPSA) is 138 Å². The largest absolute Gasteiger partial charge is 0.461 e. The van der Waals surface area contributed by atoms with Gasteiger partial charge in [0.2, 0.25) is 0 Å². The van der Waals surface area contributed by atoms with Gasteiger partial charge in [0.1, 0.15) is 17.4 Å². The van der Waals surface area contributed by atoms with Gasteiger partial charge in [-0.1, -0.05) is 0 Å². The van der Waals surface area contributed by atoms with Crippen LogP contribution in [0.4, 0.5) is 5.69 Å². The molecule has 202 valence electrons. The molecule has 3 rings (SSSR count). The van der Waals surface area contributed by atoms with Crippen molar-refractivity contribution in [3.05, 3.63) is 51.0 Å². The van der Waals surface area contributed by atoms with E-state index in [1.807, 2.05) is 0 Å². The molecule has 1 fully saturated rings. The summed E-state index contributed by atoms with van der Waals surface area (Å²) in [5, 5.41) is 10.4. The van der Waals surface area contributed by atoms with Gasteiger partial charge < -0.3 is 4.74 Å². The molecule has 0 radical (unpaired) electrons. The third-order valence-corrected chi connectivity index (χ3v) is 8.92. The Bertz CT molecular complexity index is 1160. The van der Waals surface area contributed by atoms with E-state index in [1.54, 1.807) is 53.7 Å². The second-order valence-electron chi connectivity index (χ2n) is 10.6. The fourth-order valence-electron chi connectivity index (χ4n) is 3.69. The Morgan fingerprint density at radius 2 is 1.76 bits per heavy atom. The van der Waals surface area contributed by atoms with Crippen molar-refractivity contribution in [3.8, 4) is 0 Å². The van der Waals surface area contributed by atoms with Gasteiger partial charge >= 0.3 is 13.6 Å². The van der Waals surface area contributed by atoms with E-state index < -0.39 is 47.0 Å². The van der Waals surface area contributed by atoms with E-state index in [2.05, 4.69) is 4.99 Å². The molecule has 0 spiro atoms. The fraction of sp³-hybridized carbons (Fsp3) is 0.542. The minimum Gasteiger partial charge on any atom is -0.461 e. The second-order valence-corrected chi connectivity index (χ2v) is 13.5. The van der Waals surface area contributed by atoms with Crippen LogP contribution in [-0.4, -0.2) is 62.9 Å². The van der Waals surface area contributed by atoms with Crippen LogP contribution in [0.5, 0.6) is 0 Å². The molecule has 2 aliphatic rings. The van der Waals surface area contributed by atoms with Gasteiger partial charge in [-0.2, -0.15) is 0 Å². The lowest BCUT2D eigenvalue weighted by Crippen LogP contribution is -2.63. The molecule has 0 saturated carbocycles. The van der Waals surface area contributed by atoms with E-state index in [4.69, 9.17) is 13.8 Å². The zero-order valence-corrected chi connectivity index (χ0v) is 23.6. The average Bonchev–Trinajstić information content (AvgIpc) is 2.74. The van der Waals surface area contributed by atoms with Crippen LogP contribution < -0.4 is 0 Å². The number of hydrogen-bond donors (Lipinski definition) is 0. The number of nitrogens with zero attached hydrogens (tertiary/aromatic N) is 3. The zero-order chi connectivity index (χ0) is 27.8. The lowest BCUT2D eigenvalue weighted by molar-refractivity contribution is -0.384. The van der Waals surface area contributed by atoms with E-state index in [0.29, 0.717) is 16.9 Å². The Kier molecular flexibility index (Phi) is 8.38. The first kappa shape index (κ1) is 29.0. The summed E-state index contributed by atoms with van der Waals surface area (Å²) in [5.41, 5.74) is -0.631. The molecule has 1 amide bonds. The Labute approximate surface area is 220 Å². The molecule has 2 aliphatic heterocycles. The third kappa shape index (κ3) is 7.07. The van der Waals surface area contributed by atoms with Crippen LogP contribution in [0.1, 0.15) is 54.0 Å². The van der Waals surface area contributed by atoms with Crippen LogP contribution in [0.25, 0.3) is 0 Å². The SMILES string of the molecule is CC(=O)OCC1=C(P(=O)(OC(C)(C)C)OC(C)(C)C)N2C(=O)[C@@H](N=Cc3ccc([N+](=O)[O-])cc3)[C@H]2SC1. The molecule has 0 aliphatic carbocycles. The van der Waals surface area contributed by atoms with Gasteiger partial charge in [0, 0.05) is 36.6 Å². The minimum absolute atomic E-state index is 0.0468. The molecule has 11 nitrogen and oxygen atoms in total. The number of non-ortho nitro benzene ring substituents is 1. The second kappa shape index (κ2) is 10.7. The molecule has 2 heterocycles. The van der Waals surface area contributed by atoms with Crippen molar-refractivity contribution >= 4 is 43.1 Å². The summed E-state index contributed by atoms with van der Waals surface area (Å²) < 4.78 is 31.7. The number of hydrogen-bond acceptors (Lipinski definition) is 10. The van der Waals surface area contributed by atoms with E-state index in [0.717, 1.165) is 0 Å². The maximum atomic E-state index is 14.4. The number of benzene rings is 1. The van der Waals surface area contributed by atoms with E-state index in [-0.39, 0.29) is 17.7 Å². The summed E-state index contributed by atoms with van der Waals surface area (Å²) in [6.07, 6.45) is 1.48. The van der Waals surface area contributed by atoms with Gasteiger partial charge in [0.15, 0.2) is 6.04 Å². The maximum absolute atomic E-state index is 14.4. The van der Waals surface area contributed by atoms with Gasteiger partial charge in [-0.3, -0.25) is 43.2 Å². The first-order chi connectivity index (χ1) is 17.0. The first-order valence-electron chi connectivity index (χ1n) is 11.6. The van der Waals surface area contributed by atoms with Crippen molar-refractivity contribution in [3.63, 3.8) is 0 Å². The summed E-state index contributed by atoms with van der Waals surface area (Å²) in [6, 6.07) is 5.04. The molecule has 13 heteroatoms. The number of β-lactam (4-membered cyclic amide) rings is 1. The van der Waals surface area contributed by atoms with Crippen molar-refractivity contribution in [1.82, 2.24) is 4.90 Å². The van der Waals surface area contributed by atoms with Crippen LogP contribution in [0, 0.1) is 10.1 Å². The van der Waals surface area contributed by atoms with Crippen molar-refractivity contribution in [2.45, 2.75) is 71.1 Å². The molecule has 1 aromatic carbocycles. The average molecular weight is 554 g/mol. The highest BCUT2D eigenvalue weighted by Gasteiger charge is 2.58. The maximum Gasteiger partial charge on any atom is 0.378 e. The number of esters is 1. The Morgan fingerprint density at radius 1 is 1.19 bits per heavy atom. The standard InChI is InChI=1S/C24H32N3O8PS/c1-15(28)33-13-17-14-37-22-19(25-12-16-8-10-18(11-9-16)27(30)31)20(29)26(22)21(17)36(32,34-23(2,3)4)35-24(5,6)7/h8-12,19,22H,13-14H2,1-7H3/t19-,22-/m1/s1. The Balaban J connectivity index is 1.97. The molecule has 37 heavy (non-hydrogen) atoms. The molecule has 0 unspecified atom stereocenters. The summed E-state index contributed by atoms with van der Waals surface area (Å²) in [7, 11) is -4.09. The summed E-state index contributed by atoms with van der Waals surface area (Å²) in [4.78, 5) is 41.1. The Hall–Kier alpha value is -2.53.